The second-order valence-corrected chi connectivity index (χ2v) is 12.9. The highest BCUT2D eigenvalue weighted by Gasteiger charge is 2.43. The van der Waals surface area contributed by atoms with E-state index in [-0.39, 0.29) is 12.1 Å². The van der Waals surface area contributed by atoms with Gasteiger partial charge in [-0.2, -0.15) is 0 Å². The fraction of sp³-hybridized carbons (Fsp3) is 0.312. The lowest BCUT2D eigenvalue weighted by Gasteiger charge is -2.37. The molecule has 4 heterocycles. The number of piperidine rings is 1. The van der Waals surface area contributed by atoms with Crippen molar-refractivity contribution in [3.8, 4) is 0 Å². The van der Waals surface area contributed by atoms with Crippen LogP contribution in [0.3, 0.4) is 0 Å². The fourth-order valence-corrected chi connectivity index (χ4v) is 7.37. The molecule has 2 aliphatic heterocycles. The molecule has 0 amide bonds. The predicted octanol–water partition coefficient (Wildman–Crippen LogP) is 8.45. The molecule has 0 saturated carbocycles. The molecule has 0 spiro atoms. The Bertz CT molecular complexity index is 1480. The normalized spacial score (nSPS) is 22.9. The lowest BCUT2D eigenvalue weighted by Crippen LogP contribution is -2.38. The van der Waals surface area contributed by atoms with Crippen LogP contribution in [-0.2, 0) is 0 Å². The highest BCUT2D eigenvalue weighted by Crippen LogP contribution is 2.45. The maximum absolute atomic E-state index is 6.97. The van der Waals surface area contributed by atoms with Gasteiger partial charge in [-0.15, -0.1) is 0 Å². The Kier molecular flexibility index (Phi) is 7.80. The maximum Gasteiger partial charge on any atom is 0.174 e. The van der Waals surface area contributed by atoms with Gasteiger partial charge in [-0.05, 0) is 92.0 Å². The number of nitrogens with zero attached hydrogens (tertiary/aromatic N) is 3. The van der Waals surface area contributed by atoms with E-state index in [1.807, 2.05) is 42.6 Å². The Morgan fingerprint density at radius 2 is 1.77 bits per heavy atom. The minimum Gasteiger partial charge on any atom is -0.452 e. The van der Waals surface area contributed by atoms with Gasteiger partial charge in [0.2, 0.25) is 0 Å². The fourth-order valence-electron chi connectivity index (χ4n) is 5.95. The number of anilines is 2. The van der Waals surface area contributed by atoms with Crippen molar-refractivity contribution in [2.24, 2.45) is 11.8 Å². The van der Waals surface area contributed by atoms with Crippen molar-refractivity contribution in [2.75, 3.05) is 22.9 Å². The summed E-state index contributed by atoms with van der Waals surface area (Å²) in [6, 6.07) is 24.4. The molecule has 2 aromatic heterocycles. The average Bonchev–Trinajstić information content (AvgIpc) is 3.53. The van der Waals surface area contributed by atoms with Gasteiger partial charge in [0.05, 0.1) is 22.4 Å². The van der Waals surface area contributed by atoms with Gasteiger partial charge < -0.3 is 19.5 Å². The molecule has 0 unspecified atom stereocenters. The van der Waals surface area contributed by atoms with Crippen LogP contribution in [-0.4, -0.2) is 23.2 Å². The van der Waals surface area contributed by atoms with Crippen molar-refractivity contribution in [3.05, 3.63) is 101 Å². The number of aryl methyl sites for hydroxylation is 1. The Balaban J connectivity index is 1.34. The van der Waals surface area contributed by atoms with E-state index >= 15 is 0 Å². The highest BCUT2D eigenvalue weighted by molar-refractivity contribution is 7.99. The summed E-state index contributed by atoms with van der Waals surface area (Å²) in [5, 5.41) is 5.70. The van der Waals surface area contributed by atoms with E-state index in [4.69, 9.17) is 28.2 Å². The van der Waals surface area contributed by atoms with Gasteiger partial charge in [0.1, 0.15) is 11.8 Å². The third-order valence-corrected chi connectivity index (χ3v) is 9.20. The molecule has 8 heteroatoms. The standard InChI is InChI=1S/C32H33ClN4OS2/c1-20-7-10-24(11-8-20)40-29-14-13-28(38-29)31-30(26-6-4-5-15-34-26)35-32(39)37(31)23-9-12-27(25(33)17-23)36-18-21(2)16-22(3)19-36/h4-15,17,21-22,30-31H,16,18-19H2,1-3H3,(H,35,39)/t21-,22+,30-,31-/m0/s1. The van der Waals surface area contributed by atoms with Gasteiger partial charge in [-0.25, -0.2) is 0 Å². The average molecular weight is 589 g/mol. The Labute approximate surface area is 250 Å². The molecule has 2 fully saturated rings. The summed E-state index contributed by atoms with van der Waals surface area (Å²) >= 11 is 14.5. The molecule has 0 bridgehead atoms. The predicted molar refractivity (Wildman–Crippen MR) is 169 cm³/mol. The lowest BCUT2D eigenvalue weighted by atomic mass is 9.91. The van der Waals surface area contributed by atoms with Crippen LogP contribution in [0, 0.1) is 18.8 Å². The van der Waals surface area contributed by atoms with Crippen molar-refractivity contribution >= 4 is 52.1 Å². The molecule has 2 aliphatic rings. The number of furan rings is 1. The minimum absolute atomic E-state index is 0.181. The molecule has 206 valence electrons. The molecular weight excluding hydrogens is 556 g/mol. The molecule has 2 saturated heterocycles. The summed E-state index contributed by atoms with van der Waals surface area (Å²) < 4.78 is 6.48. The third-order valence-electron chi connectivity index (χ3n) is 7.65. The molecule has 0 radical (unpaired) electrons. The van der Waals surface area contributed by atoms with Crippen molar-refractivity contribution < 1.29 is 4.42 Å². The number of aromatic nitrogens is 1. The largest absolute Gasteiger partial charge is 0.452 e. The van der Waals surface area contributed by atoms with Crippen LogP contribution in [0.1, 0.15) is 49.4 Å². The van der Waals surface area contributed by atoms with Crippen LogP contribution >= 0.6 is 35.6 Å². The molecule has 4 aromatic rings. The first kappa shape index (κ1) is 27.2. The zero-order valence-corrected chi connectivity index (χ0v) is 25.3. The zero-order chi connectivity index (χ0) is 27.8. The van der Waals surface area contributed by atoms with Crippen LogP contribution in [0.25, 0.3) is 0 Å². The first-order chi connectivity index (χ1) is 19.4. The number of hydrogen-bond donors (Lipinski definition) is 1. The molecule has 40 heavy (non-hydrogen) atoms. The zero-order valence-electron chi connectivity index (χ0n) is 22.9. The van der Waals surface area contributed by atoms with Crippen molar-refractivity contribution in [3.63, 3.8) is 0 Å². The van der Waals surface area contributed by atoms with Gasteiger partial charge in [0.15, 0.2) is 10.2 Å². The Morgan fingerprint density at radius 1 is 1.00 bits per heavy atom. The van der Waals surface area contributed by atoms with Crippen LogP contribution in [0.15, 0.2) is 93.4 Å². The first-order valence-corrected chi connectivity index (χ1v) is 15.4. The van der Waals surface area contributed by atoms with Gasteiger partial charge in [0, 0.05) is 29.9 Å². The van der Waals surface area contributed by atoms with E-state index < -0.39 is 0 Å². The number of rotatable bonds is 6. The monoisotopic (exact) mass is 588 g/mol. The molecule has 6 rings (SSSR count). The van der Waals surface area contributed by atoms with Crippen molar-refractivity contribution in [1.29, 1.82) is 0 Å². The third kappa shape index (κ3) is 5.60. The van der Waals surface area contributed by atoms with E-state index in [1.54, 1.807) is 11.8 Å². The number of benzene rings is 2. The Morgan fingerprint density at radius 3 is 2.48 bits per heavy atom. The van der Waals surface area contributed by atoms with Gasteiger partial charge in [-0.3, -0.25) is 4.98 Å². The van der Waals surface area contributed by atoms with Gasteiger partial charge in [0.25, 0.3) is 0 Å². The number of hydrogen-bond acceptors (Lipinski definition) is 5. The molecule has 2 aromatic carbocycles. The highest BCUT2D eigenvalue weighted by atomic mass is 35.5. The SMILES string of the molecule is Cc1ccc(Sc2ccc([C@H]3[C@H](c4ccccn4)NC(=S)N3c3ccc(N4C[C@H](C)C[C@H](C)C4)c(Cl)c3)o2)cc1. The molecule has 0 aliphatic carbocycles. The van der Waals surface area contributed by atoms with E-state index in [0.29, 0.717) is 16.9 Å². The molecule has 5 nitrogen and oxygen atoms in total. The molecular formula is C32H33ClN4OS2. The van der Waals surface area contributed by atoms with Crippen molar-refractivity contribution in [2.45, 2.75) is 49.3 Å². The number of pyridine rings is 1. The van der Waals surface area contributed by atoms with E-state index in [9.17, 15) is 0 Å². The Hall–Kier alpha value is -3.00. The quantitative estimate of drug-likeness (QED) is 0.227. The van der Waals surface area contributed by atoms with E-state index in [0.717, 1.165) is 50.9 Å². The summed E-state index contributed by atoms with van der Waals surface area (Å²) in [5.74, 6) is 2.10. The lowest BCUT2D eigenvalue weighted by molar-refractivity contribution is 0.357. The van der Waals surface area contributed by atoms with Gasteiger partial charge >= 0.3 is 0 Å². The summed E-state index contributed by atoms with van der Waals surface area (Å²) in [6.07, 6.45) is 3.07. The molecule has 4 atom stereocenters. The smallest absolute Gasteiger partial charge is 0.174 e. The topological polar surface area (TPSA) is 44.5 Å². The summed E-state index contributed by atoms with van der Waals surface area (Å²) in [6.45, 7) is 8.76. The van der Waals surface area contributed by atoms with Crippen molar-refractivity contribution in [1.82, 2.24) is 10.3 Å². The van der Waals surface area contributed by atoms with Gasteiger partial charge in [-0.1, -0.05) is 61.0 Å². The second kappa shape index (κ2) is 11.5. The second-order valence-electron chi connectivity index (χ2n) is 11.1. The number of nitrogens with one attached hydrogen (secondary N) is 1. The van der Waals surface area contributed by atoms with Crippen LogP contribution < -0.4 is 15.1 Å². The summed E-state index contributed by atoms with van der Waals surface area (Å²) in [7, 11) is 0. The maximum atomic E-state index is 6.97. The number of halogens is 1. The summed E-state index contributed by atoms with van der Waals surface area (Å²) in [4.78, 5) is 10.3. The minimum atomic E-state index is -0.230. The van der Waals surface area contributed by atoms with Crippen LogP contribution in [0.5, 0.6) is 0 Å². The van der Waals surface area contributed by atoms with Crippen LogP contribution in [0.2, 0.25) is 5.02 Å². The number of thiocarbonyl (C=S) groups is 1. The first-order valence-electron chi connectivity index (χ1n) is 13.7. The summed E-state index contributed by atoms with van der Waals surface area (Å²) in [5.41, 5.74) is 4.14. The van der Waals surface area contributed by atoms with E-state index in [2.05, 4.69) is 77.3 Å². The van der Waals surface area contributed by atoms with Crippen LogP contribution in [0.4, 0.5) is 11.4 Å². The van der Waals surface area contributed by atoms with E-state index in [1.165, 1.54) is 12.0 Å². The molecule has 1 N–H and O–H groups in total.